The lowest BCUT2D eigenvalue weighted by atomic mass is 10.0. The number of benzene rings is 1. The predicted octanol–water partition coefficient (Wildman–Crippen LogP) is 5.90. The summed E-state index contributed by atoms with van der Waals surface area (Å²) >= 11 is 11.7. The monoisotopic (exact) mass is 396 g/mol. The number of H-pyrrole nitrogens is 1. The van der Waals surface area contributed by atoms with Crippen LogP contribution in [-0.2, 0) is 6.42 Å². The molecule has 0 radical (unpaired) electrons. The smallest absolute Gasteiger partial charge is 0.0650 e. The number of nitrogens with one attached hydrogen (secondary N) is 1. The number of fused-ring (bicyclic) bond motifs is 1. The van der Waals surface area contributed by atoms with Gasteiger partial charge in [0.1, 0.15) is 0 Å². The molecule has 0 atom stereocenters. The van der Waals surface area contributed by atoms with Crippen molar-refractivity contribution >= 4 is 49.8 Å². The Morgan fingerprint density at radius 3 is 2.77 bits per heavy atom. The fraction of sp³-hybridized carbons (Fsp3) is 0.294. The second kappa shape index (κ2) is 6.75. The molecule has 0 amide bonds. The van der Waals surface area contributed by atoms with E-state index in [1.54, 1.807) is 11.3 Å². The van der Waals surface area contributed by atoms with Crippen molar-refractivity contribution in [3.63, 3.8) is 0 Å². The molecular weight excluding hydrogens is 380 g/mol. The maximum Gasteiger partial charge on any atom is 0.0650 e. The zero-order chi connectivity index (χ0) is 15.7. The molecule has 2 nitrogen and oxygen atoms in total. The first-order valence-corrected chi connectivity index (χ1v) is 9.41. The Bertz CT molecular complexity index is 806. The maximum absolute atomic E-state index is 6.29. The highest BCUT2D eigenvalue weighted by Crippen LogP contribution is 2.40. The summed E-state index contributed by atoms with van der Waals surface area (Å²) in [7, 11) is 0. The molecule has 0 bridgehead atoms. The predicted molar refractivity (Wildman–Crippen MR) is 101 cm³/mol. The number of rotatable bonds is 5. The van der Waals surface area contributed by atoms with Gasteiger partial charge in [0.05, 0.1) is 16.1 Å². The molecule has 0 aliphatic heterocycles. The van der Waals surface area contributed by atoms with Crippen LogP contribution in [0.1, 0.15) is 24.0 Å². The van der Waals surface area contributed by atoms with Crippen LogP contribution in [0.2, 0.25) is 5.02 Å². The van der Waals surface area contributed by atoms with E-state index in [0.29, 0.717) is 0 Å². The molecule has 3 aromatic rings. The standard InChI is InChI=1S/C17H18BrClN2S/c1-10-14(19)6-5-12-11(4-2-3-8-20)16(21-15(10)12)17-13(18)7-9-22-17/h5-7,9,21H,2-4,8,20H2,1H3. The normalized spacial score (nSPS) is 11.5. The molecule has 0 spiro atoms. The van der Waals surface area contributed by atoms with Crippen LogP contribution in [0.4, 0.5) is 0 Å². The third kappa shape index (κ3) is 2.85. The minimum absolute atomic E-state index is 0.741. The van der Waals surface area contributed by atoms with Crippen LogP contribution < -0.4 is 5.73 Å². The van der Waals surface area contributed by atoms with Gasteiger partial charge in [0.25, 0.3) is 0 Å². The van der Waals surface area contributed by atoms with Crippen LogP contribution in [-0.4, -0.2) is 11.5 Å². The summed E-state index contributed by atoms with van der Waals surface area (Å²) in [5.74, 6) is 0. The quantitative estimate of drug-likeness (QED) is 0.517. The van der Waals surface area contributed by atoms with Crippen molar-refractivity contribution in [1.82, 2.24) is 4.98 Å². The fourth-order valence-electron chi connectivity index (χ4n) is 2.81. The lowest BCUT2D eigenvalue weighted by Crippen LogP contribution is -1.99. The third-order valence-corrected chi connectivity index (χ3v) is 6.27. The second-order valence-electron chi connectivity index (χ2n) is 5.42. The fourth-order valence-corrected chi connectivity index (χ4v) is 4.56. The lowest BCUT2D eigenvalue weighted by molar-refractivity contribution is 0.748. The van der Waals surface area contributed by atoms with Gasteiger partial charge in [-0.2, -0.15) is 0 Å². The number of hydrogen-bond donors (Lipinski definition) is 2. The highest BCUT2D eigenvalue weighted by atomic mass is 79.9. The molecule has 3 rings (SSSR count). The molecule has 22 heavy (non-hydrogen) atoms. The number of hydrogen-bond acceptors (Lipinski definition) is 2. The van der Waals surface area contributed by atoms with Gasteiger partial charge in [0.15, 0.2) is 0 Å². The van der Waals surface area contributed by atoms with Crippen molar-refractivity contribution in [3.8, 4) is 10.6 Å². The largest absolute Gasteiger partial charge is 0.353 e. The van der Waals surface area contributed by atoms with E-state index in [1.165, 1.54) is 21.5 Å². The van der Waals surface area contributed by atoms with E-state index in [-0.39, 0.29) is 0 Å². The summed E-state index contributed by atoms with van der Waals surface area (Å²) in [4.78, 5) is 4.85. The number of unbranched alkanes of at least 4 members (excludes halogenated alkanes) is 1. The van der Waals surface area contributed by atoms with Crippen molar-refractivity contribution in [1.29, 1.82) is 0 Å². The highest BCUT2D eigenvalue weighted by molar-refractivity contribution is 9.10. The molecule has 0 fully saturated rings. The van der Waals surface area contributed by atoms with E-state index in [4.69, 9.17) is 17.3 Å². The summed E-state index contributed by atoms with van der Waals surface area (Å²) in [6, 6.07) is 6.21. The zero-order valence-corrected chi connectivity index (χ0v) is 15.5. The Balaban J connectivity index is 2.19. The van der Waals surface area contributed by atoms with Crippen molar-refractivity contribution < 1.29 is 0 Å². The SMILES string of the molecule is Cc1c(Cl)ccc2c(CCCCN)c(-c3sccc3Br)[nH]c12. The minimum atomic E-state index is 0.741. The van der Waals surface area contributed by atoms with E-state index in [9.17, 15) is 0 Å². The van der Waals surface area contributed by atoms with Crippen molar-refractivity contribution in [3.05, 3.63) is 44.2 Å². The van der Waals surface area contributed by atoms with Crippen LogP contribution in [0.25, 0.3) is 21.5 Å². The molecular formula is C17H18BrClN2S. The van der Waals surface area contributed by atoms with Gasteiger partial charge in [-0.25, -0.2) is 0 Å². The molecule has 0 aliphatic rings. The van der Waals surface area contributed by atoms with Crippen LogP contribution in [0, 0.1) is 6.92 Å². The minimum Gasteiger partial charge on any atom is -0.353 e. The van der Waals surface area contributed by atoms with Gasteiger partial charge in [0.2, 0.25) is 0 Å². The molecule has 0 aliphatic carbocycles. The number of halogens is 2. The van der Waals surface area contributed by atoms with E-state index < -0.39 is 0 Å². The molecule has 0 saturated heterocycles. The van der Waals surface area contributed by atoms with E-state index >= 15 is 0 Å². The number of aryl methyl sites for hydroxylation is 2. The zero-order valence-electron chi connectivity index (χ0n) is 12.4. The summed E-state index contributed by atoms with van der Waals surface area (Å²) in [5, 5.41) is 4.18. The number of aromatic amines is 1. The van der Waals surface area contributed by atoms with Crippen LogP contribution in [0.3, 0.4) is 0 Å². The van der Waals surface area contributed by atoms with Crippen LogP contribution in [0.5, 0.6) is 0 Å². The van der Waals surface area contributed by atoms with Crippen molar-refractivity contribution in [2.45, 2.75) is 26.2 Å². The second-order valence-corrected chi connectivity index (χ2v) is 7.59. The molecule has 2 heterocycles. The first kappa shape index (κ1) is 16.1. The first-order chi connectivity index (χ1) is 10.6. The molecule has 0 unspecified atom stereocenters. The van der Waals surface area contributed by atoms with Gasteiger partial charge in [-0.05, 0) is 77.3 Å². The van der Waals surface area contributed by atoms with E-state index in [0.717, 1.165) is 46.4 Å². The number of thiophene rings is 1. The average molecular weight is 398 g/mol. The maximum atomic E-state index is 6.29. The Hall–Kier alpha value is -0.810. The van der Waals surface area contributed by atoms with Crippen LogP contribution in [0.15, 0.2) is 28.1 Å². The van der Waals surface area contributed by atoms with Crippen molar-refractivity contribution in [2.75, 3.05) is 6.54 Å². The summed E-state index contributed by atoms with van der Waals surface area (Å²) in [6.07, 6.45) is 3.17. The number of nitrogens with two attached hydrogens (primary N) is 1. The molecule has 1 aromatic carbocycles. The van der Waals surface area contributed by atoms with Gasteiger partial charge in [-0.1, -0.05) is 17.7 Å². The lowest BCUT2D eigenvalue weighted by Gasteiger charge is -2.04. The molecule has 3 N–H and O–H groups in total. The summed E-state index contributed by atoms with van der Waals surface area (Å²) < 4.78 is 1.13. The molecule has 5 heteroatoms. The van der Waals surface area contributed by atoms with Gasteiger partial charge in [0, 0.05) is 14.9 Å². The van der Waals surface area contributed by atoms with E-state index in [2.05, 4.69) is 45.4 Å². The van der Waals surface area contributed by atoms with E-state index in [1.807, 2.05) is 6.07 Å². The summed E-state index contributed by atoms with van der Waals surface area (Å²) in [5.41, 5.74) is 10.5. The topological polar surface area (TPSA) is 41.8 Å². The third-order valence-electron chi connectivity index (χ3n) is 4.00. The first-order valence-electron chi connectivity index (χ1n) is 7.36. The Morgan fingerprint density at radius 2 is 2.09 bits per heavy atom. The van der Waals surface area contributed by atoms with Gasteiger partial charge < -0.3 is 10.7 Å². The molecule has 116 valence electrons. The number of aromatic nitrogens is 1. The summed E-state index contributed by atoms with van der Waals surface area (Å²) in [6.45, 7) is 2.81. The van der Waals surface area contributed by atoms with Gasteiger partial charge >= 0.3 is 0 Å². The average Bonchev–Trinajstić information content (AvgIpc) is 3.07. The Morgan fingerprint density at radius 1 is 1.27 bits per heavy atom. The van der Waals surface area contributed by atoms with Crippen LogP contribution >= 0.6 is 38.9 Å². The molecule has 0 saturated carbocycles. The Labute approximate surface area is 147 Å². The molecule has 2 aromatic heterocycles. The van der Waals surface area contributed by atoms with Gasteiger partial charge in [-0.15, -0.1) is 11.3 Å². The van der Waals surface area contributed by atoms with Gasteiger partial charge in [-0.3, -0.25) is 0 Å². The Kier molecular flexibility index (Phi) is 4.93. The highest BCUT2D eigenvalue weighted by Gasteiger charge is 2.17. The van der Waals surface area contributed by atoms with Crippen molar-refractivity contribution in [2.24, 2.45) is 5.73 Å².